The second kappa shape index (κ2) is 5.40. The topological polar surface area (TPSA) is 32.3 Å². The zero-order chi connectivity index (χ0) is 15.1. The van der Waals surface area contributed by atoms with Crippen molar-refractivity contribution in [3.63, 3.8) is 0 Å². The van der Waals surface area contributed by atoms with E-state index in [0.717, 1.165) is 12.1 Å². The fraction of sp³-hybridized carbons (Fsp3) is 0.263. The highest BCUT2D eigenvalue weighted by molar-refractivity contribution is 7.98. The van der Waals surface area contributed by atoms with Crippen LogP contribution >= 0.6 is 11.8 Å². The van der Waals surface area contributed by atoms with Gasteiger partial charge in [0.15, 0.2) is 0 Å². The molecule has 0 radical (unpaired) electrons. The van der Waals surface area contributed by atoms with E-state index >= 15 is 0 Å². The first-order chi connectivity index (χ1) is 10.8. The van der Waals surface area contributed by atoms with E-state index in [4.69, 9.17) is 0 Å². The lowest BCUT2D eigenvalue weighted by molar-refractivity contribution is 0.415. The number of anilines is 1. The number of nitrogens with one attached hydrogen (secondary N) is 1. The van der Waals surface area contributed by atoms with Crippen molar-refractivity contribution in [1.29, 1.82) is 0 Å². The summed E-state index contributed by atoms with van der Waals surface area (Å²) in [5.74, 6) is 1.27. The summed E-state index contributed by atoms with van der Waals surface area (Å²) in [7, 11) is 0. The van der Waals surface area contributed by atoms with Gasteiger partial charge in [-0.1, -0.05) is 36.4 Å². The normalized spacial score (nSPS) is 25.4. The van der Waals surface area contributed by atoms with Crippen molar-refractivity contribution in [3.05, 3.63) is 65.7 Å². The lowest BCUT2D eigenvalue weighted by Crippen LogP contribution is -2.29. The Morgan fingerprint density at radius 2 is 1.95 bits per heavy atom. The van der Waals surface area contributed by atoms with E-state index < -0.39 is 0 Å². The summed E-state index contributed by atoms with van der Waals surface area (Å²) in [5.41, 5.74) is 3.41. The predicted octanol–water partition coefficient (Wildman–Crippen LogP) is 4.94. The molecule has 3 atom stereocenters. The molecule has 112 valence electrons. The number of para-hydroxylation sites is 1. The molecule has 0 aromatic heterocycles. The molecule has 1 aliphatic heterocycles. The van der Waals surface area contributed by atoms with Crippen molar-refractivity contribution in [2.24, 2.45) is 5.92 Å². The van der Waals surface area contributed by atoms with Crippen molar-refractivity contribution >= 4 is 17.4 Å². The van der Waals surface area contributed by atoms with Crippen molar-refractivity contribution in [3.8, 4) is 5.75 Å². The van der Waals surface area contributed by atoms with Gasteiger partial charge in [0.05, 0.1) is 11.7 Å². The molecular formula is C19H19NOS. The molecule has 3 unspecified atom stereocenters. The minimum atomic E-state index is 0.247. The summed E-state index contributed by atoms with van der Waals surface area (Å²) in [4.78, 5) is 1.28. The summed E-state index contributed by atoms with van der Waals surface area (Å²) in [5, 5.41) is 13.8. The Kier molecular flexibility index (Phi) is 3.38. The van der Waals surface area contributed by atoms with Crippen LogP contribution in [0.25, 0.3) is 0 Å². The summed E-state index contributed by atoms with van der Waals surface area (Å²) < 4.78 is 0. The molecule has 0 bridgehead atoms. The van der Waals surface area contributed by atoms with Gasteiger partial charge in [-0.3, -0.25) is 0 Å². The highest BCUT2D eigenvalue weighted by Crippen LogP contribution is 2.51. The van der Waals surface area contributed by atoms with Gasteiger partial charge in [-0.15, -0.1) is 11.8 Å². The number of phenols is 1. The minimum absolute atomic E-state index is 0.247. The fourth-order valence-corrected chi connectivity index (χ4v) is 4.15. The SMILES string of the molecule is CSc1ccc(C2Nc3c(O)cccc3C3C=CCC32)cc1. The Hall–Kier alpha value is -1.87. The van der Waals surface area contributed by atoms with Crippen LogP contribution in [-0.4, -0.2) is 11.4 Å². The Morgan fingerprint density at radius 3 is 2.73 bits per heavy atom. The molecule has 4 rings (SSSR count). The van der Waals surface area contributed by atoms with Crippen molar-refractivity contribution < 1.29 is 5.11 Å². The third-order valence-electron chi connectivity index (χ3n) is 4.85. The molecular weight excluding hydrogens is 290 g/mol. The van der Waals surface area contributed by atoms with E-state index in [1.54, 1.807) is 17.8 Å². The van der Waals surface area contributed by atoms with Gasteiger partial charge in [0.2, 0.25) is 0 Å². The van der Waals surface area contributed by atoms with E-state index in [-0.39, 0.29) is 6.04 Å². The maximum atomic E-state index is 10.2. The molecule has 0 fully saturated rings. The van der Waals surface area contributed by atoms with Gasteiger partial charge in [-0.05, 0) is 47.9 Å². The molecule has 2 N–H and O–H groups in total. The van der Waals surface area contributed by atoms with Crippen LogP contribution in [0.5, 0.6) is 5.75 Å². The molecule has 2 aliphatic rings. The largest absolute Gasteiger partial charge is 0.506 e. The number of fused-ring (bicyclic) bond motifs is 3. The van der Waals surface area contributed by atoms with Crippen LogP contribution in [0.1, 0.15) is 29.5 Å². The quantitative estimate of drug-likeness (QED) is 0.468. The Balaban J connectivity index is 1.76. The minimum Gasteiger partial charge on any atom is -0.506 e. The molecule has 0 amide bonds. The average molecular weight is 309 g/mol. The first-order valence-corrected chi connectivity index (χ1v) is 8.89. The van der Waals surface area contributed by atoms with Gasteiger partial charge in [0.1, 0.15) is 5.75 Å². The maximum absolute atomic E-state index is 10.2. The summed E-state index contributed by atoms with van der Waals surface area (Å²) >= 11 is 1.76. The predicted molar refractivity (Wildman–Crippen MR) is 92.7 cm³/mol. The molecule has 1 aliphatic carbocycles. The Morgan fingerprint density at radius 1 is 1.14 bits per heavy atom. The Labute approximate surface area is 135 Å². The molecule has 2 aromatic rings. The molecule has 22 heavy (non-hydrogen) atoms. The molecule has 2 aromatic carbocycles. The van der Waals surface area contributed by atoms with Crippen LogP contribution in [0.15, 0.2) is 59.5 Å². The van der Waals surface area contributed by atoms with Crippen LogP contribution in [0.3, 0.4) is 0 Å². The average Bonchev–Trinajstić information content (AvgIpc) is 3.05. The van der Waals surface area contributed by atoms with Crippen LogP contribution < -0.4 is 5.32 Å². The number of hydrogen-bond donors (Lipinski definition) is 2. The zero-order valence-electron chi connectivity index (χ0n) is 12.5. The zero-order valence-corrected chi connectivity index (χ0v) is 13.3. The van der Waals surface area contributed by atoms with Crippen LogP contribution in [0.4, 0.5) is 5.69 Å². The van der Waals surface area contributed by atoms with Gasteiger partial charge in [0.25, 0.3) is 0 Å². The number of benzene rings is 2. The maximum Gasteiger partial charge on any atom is 0.138 e. The third-order valence-corrected chi connectivity index (χ3v) is 5.59. The van der Waals surface area contributed by atoms with Gasteiger partial charge < -0.3 is 10.4 Å². The number of hydrogen-bond acceptors (Lipinski definition) is 3. The first kappa shape index (κ1) is 13.8. The van der Waals surface area contributed by atoms with Crippen molar-refractivity contribution in [2.75, 3.05) is 11.6 Å². The smallest absolute Gasteiger partial charge is 0.138 e. The highest BCUT2D eigenvalue weighted by Gasteiger charge is 2.38. The number of thioether (sulfide) groups is 1. The van der Waals surface area contributed by atoms with Crippen molar-refractivity contribution in [2.45, 2.75) is 23.3 Å². The van der Waals surface area contributed by atoms with Crippen LogP contribution in [0.2, 0.25) is 0 Å². The first-order valence-electron chi connectivity index (χ1n) is 7.67. The van der Waals surface area contributed by atoms with E-state index in [1.807, 2.05) is 6.07 Å². The van der Waals surface area contributed by atoms with Gasteiger partial charge >= 0.3 is 0 Å². The van der Waals surface area contributed by atoms with Gasteiger partial charge in [-0.25, -0.2) is 0 Å². The number of rotatable bonds is 2. The lowest BCUT2D eigenvalue weighted by atomic mass is 9.77. The number of phenolic OH excluding ortho intramolecular Hbond substituents is 1. The van der Waals surface area contributed by atoms with E-state index in [9.17, 15) is 5.11 Å². The second-order valence-corrected chi connectivity index (χ2v) is 6.87. The molecule has 0 saturated heterocycles. The second-order valence-electron chi connectivity index (χ2n) is 5.99. The van der Waals surface area contributed by atoms with Crippen molar-refractivity contribution in [1.82, 2.24) is 0 Å². The fourth-order valence-electron chi connectivity index (χ4n) is 3.75. The summed E-state index contributed by atoms with van der Waals surface area (Å²) in [6, 6.07) is 14.9. The third kappa shape index (κ3) is 2.12. The van der Waals surface area contributed by atoms with E-state index in [0.29, 0.717) is 17.6 Å². The Bertz CT molecular complexity index is 723. The number of allylic oxidation sites excluding steroid dienone is 2. The highest BCUT2D eigenvalue weighted by atomic mass is 32.2. The molecule has 0 spiro atoms. The molecule has 1 heterocycles. The van der Waals surface area contributed by atoms with Gasteiger partial charge in [-0.2, -0.15) is 0 Å². The lowest BCUT2D eigenvalue weighted by Gasteiger charge is -2.37. The standard InChI is InChI=1S/C19H19NOS/c1-22-13-10-8-12(9-11-13)18-15-5-2-4-14(15)16-6-3-7-17(21)19(16)20-18/h2-4,6-11,14-15,18,20-21H,5H2,1H3. The monoisotopic (exact) mass is 309 g/mol. The van der Waals surface area contributed by atoms with Crippen LogP contribution in [-0.2, 0) is 0 Å². The molecule has 0 saturated carbocycles. The summed E-state index contributed by atoms with van der Waals surface area (Å²) in [6.45, 7) is 0. The summed E-state index contributed by atoms with van der Waals surface area (Å²) in [6.07, 6.45) is 7.76. The number of aromatic hydroxyl groups is 1. The van der Waals surface area contributed by atoms with E-state index in [1.165, 1.54) is 16.0 Å². The van der Waals surface area contributed by atoms with E-state index in [2.05, 4.69) is 54.1 Å². The van der Waals surface area contributed by atoms with Gasteiger partial charge in [0, 0.05) is 10.8 Å². The molecule has 3 heteroatoms. The van der Waals surface area contributed by atoms with Crippen LogP contribution in [0, 0.1) is 5.92 Å². The molecule has 2 nitrogen and oxygen atoms in total.